The van der Waals surface area contributed by atoms with Crippen molar-refractivity contribution in [3.05, 3.63) is 77.9 Å². The molecule has 0 saturated heterocycles. The Kier molecular flexibility index (Phi) is 5.30. The predicted molar refractivity (Wildman–Crippen MR) is 107 cm³/mol. The standard InChI is InChI=1S/C21H22N2O3S/c1-22(2)27(25,26)20-10-6-9-19(14-20)21(24)23(3)15-16-11-12-17-7-4-5-8-18(17)13-16/h4-14H,15H2,1-3H3. The number of hydrogen-bond acceptors (Lipinski definition) is 3. The molecule has 140 valence electrons. The minimum atomic E-state index is -3.58. The largest absolute Gasteiger partial charge is 0.337 e. The number of fused-ring (bicyclic) bond motifs is 1. The first-order valence-corrected chi connectivity index (χ1v) is 9.99. The number of rotatable bonds is 5. The second kappa shape index (κ2) is 7.50. The van der Waals surface area contributed by atoms with Crippen LogP contribution < -0.4 is 0 Å². The van der Waals surface area contributed by atoms with E-state index in [2.05, 4.69) is 6.07 Å². The van der Waals surface area contributed by atoms with Gasteiger partial charge >= 0.3 is 0 Å². The van der Waals surface area contributed by atoms with Crippen LogP contribution >= 0.6 is 0 Å². The zero-order valence-corrected chi connectivity index (χ0v) is 16.4. The molecule has 0 N–H and O–H groups in total. The van der Waals surface area contributed by atoms with Gasteiger partial charge in [0, 0.05) is 33.3 Å². The zero-order valence-electron chi connectivity index (χ0n) is 15.6. The molecule has 3 aromatic rings. The van der Waals surface area contributed by atoms with Crippen molar-refractivity contribution in [2.45, 2.75) is 11.4 Å². The van der Waals surface area contributed by atoms with E-state index in [9.17, 15) is 13.2 Å². The highest BCUT2D eigenvalue weighted by Crippen LogP contribution is 2.19. The predicted octanol–water partition coefficient (Wildman–Crippen LogP) is 3.36. The first kappa shape index (κ1) is 19.1. The molecule has 0 aliphatic heterocycles. The van der Waals surface area contributed by atoms with E-state index in [1.165, 1.54) is 26.2 Å². The molecule has 0 saturated carbocycles. The number of nitrogens with zero attached hydrogens (tertiary/aromatic N) is 2. The van der Waals surface area contributed by atoms with Crippen molar-refractivity contribution in [1.29, 1.82) is 0 Å². The average Bonchev–Trinajstić information content (AvgIpc) is 2.67. The van der Waals surface area contributed by atoms with Gasteiger partial charge in [0.25, 0.3) is 5.91 Å². The van der Waals surface area contributed by atoms with Crippen molar-refractivity contribution in [2.75, 3.05) is 21.1 Å². The topological polar surface area (TPSA) is 57.7 Å². The summed E-state index contributed by atoms with van der Waals surface area (Å²) >= 11 is 0. The van der Waals surface area contributed by atoms with Crippen LogP contribution in [0.2, 0.25) is 0 Å². The fourth-order valence-corrected chi connectivity index (χ4v) is 3.85. The highest BCUT2D eigenvalue weighted by Gasteiger charge is 2.20. The summed E-state index contributed by atoms with van der Waals surface area (Å²) in [5.41, 5.74) is 1.36. The highest BCUT2D eigenvalue weighted by molar-refractivity contribution is 7.89. The van der Waals surface area contributed by atoms with E-state index < -0.39 is 10.0 Å². The molecule has 0 radical (unpaired) electrons. The minimum absolute atomic E-state index is 0.109. The first-order chi connectivity index (χ1) is 12.8. The molecule has 3 rings (SSSR count). The maximum atomic E-state index is 12.8. The molecule has 27 heavy (non-hydrogen) atoms. The number of hydrogen-bond donors (Lipinski definition) is 0. The molecule has 5 nitrogen and oxygen atoms in total. The fraction of sp³-hybridized carbons (Fsp3) is 0.190. The Hall–Kier alpha value is -2.70. The Morgan fingerprint density at radius 3 is 2.26 bits per heavy atom. The van der Waals surface area contributed by atoms with Crippen LogP contribution in [0, 0.1) is 0 Å². The summed E-state index contributed by atoms with van der Waals surface area (Å²) in [7, 11) is 1.07. The summed E-state index contributed by atoms with van der Waals surface area (Å²) in [4.78, 5) is 14.5. The van der Waals surface area contributed by atoms with Crippen molar-refractivity contribution in [1.82, 2.24) is 9.21 Å². The van der Waals surface area contributed by atoms with Gasteiger partial charge in [-0.05, 0) is 40.6 Å². The molecule has 0 fully saturated rings. The maximum Gasteiger partial charge on any atom is 0.253 e. The van der Waals surface area contributed by atoms with E-state index in [4.69, 9.17) is 0 Å². The van der Waals surface area contributed by atoms with Gasteiger partial charge in [-0.3, -0.25) is 4.79 Å². The molecule has 0 aliphatic carbocycles. The summed E-state index contributed by atoms with van der Waals surface area (Å²) in [6, 6.07) is 20.3. The van der Waals surface area contributed by atoms with Gasteiger partial charge in [0.1, 0.15) is 0 Å². The summed E-state index contributed by atoms with van der Waals surface area (Å²) < 4.78 is 25.7. The lowest BCUT2D eigenvalue weighted by molar-refractivity contribution is 0.0785. The number of benzene rings is 3. The number of amides is 1. The zero-order chi connectivity index (χ0) is 19.6. The van der Waals surface area contributed by atoms with Gasteiger partial charge in [0.05, 0.1) is 4.90 Å². The second-order valence-electron chi connectivity index (χ2n) is 6.66. The van der Waals surface area contributed by atoms with Crippen molar-refractivity contribution < 1.29 is 13.2 Å². The molecule has 1 amide bonds. The molecule has 0 aromatic heterocycles. The molecule has 0 heterocycles. The fourth-order valence-electron chi connectivity index (χ4n) is 2.90. The molecule has 6 heteroatoms. The van der Waals surface area contributed by atoms with Crippen LogP contribution in [-0.4, -0.2) is 44.7 Å². The van der Waals surface area contributed by atoms with Crippen LogP contribution in [0.5, 0.6) is 0 Å². The molecule has 0 aliphatic rings. The monoisotopic (exact) mass is 382 g/mol. The molecular weight excluding hydrogens is 360 g/mol. The average molecular weight is 382 g/mol. The Bertz CT molecular complexity index is 1090. The number of sulfonamides is 1. The van der Waals surface area contributed by atoms with Gasteiger partial charge in [0.2, 0.25) is 10.0 Å². The van der Waals surface area contributed by atoms with E-state index in [1.807, 2.05) is 36.4 Å². The summed E-state index contributed by atoms with van der Waals surface area (Å²) in [6.45, 7) is 0.439. The third-order valence-corrected chi connectivity index (χ3v) is 6.25. The Balaban J connectivity index is 1.82. The first-order valence-electron chi connectivity index (χ1n) is 8.55. The van der Waals surface area contributed by atoms with Crippen LogP contribution in [0.25, 0.3) is 10.8 Å². The summed E-state index contributed by atoms with van der Waals surface area (Å²) in [5, 5.41) is 2.27. The van der Waals surface area contributed by atoms with Gasteiger partial charge in [-0.1, -0.05) is 42.5 Å². The SMILES string of the molecule is CN(Cc1ccc2ccccc2c1)C(=O)c1cccc(S(=O)(=O)N(C)C)c1. The van der Waals surface area contributed by atoms with Crippen LogP contribution in [0.15, 0.2) is 71.6 Å². The Labute approximate surface area is 159 Å². The third kappa shape index (κ3) is 4.02. The van der Waals surface area contributed by atoms with Crippen molar-refractivity contribution >= 4 is 26.7 Å². The van der Waals surface area contributed by atoms with E-state index in [1.54, 1.807) is 24.1 Å². The van der Waals surface area contributed by atoms with Crippen molar-refractivity contribution in [3.63, 3.8) is 0 Å². The van der Waals surface area contributed by atoms with Crippen molar-refractivity contribution in [2.24, 2.45) is 0 Å². The van der Waals surface area contributed by atoms with Gasteiger partial charge in [-0.25, -0.2) is 12.7 Å². The molecular formula is C21H22N2O3S. The van der Waals surface area contributed by atoms with Gasteiger partial charge in [-0.2, -0.15) is 0 Å². The molecule has 3 aromatic carbocycles. The van der Waals surface area contributed by atoms with Gasteiger partial charge in [0.15, 0.2) is 0 Å². The molecule has 0 spiro atoms. The highest BCUT2D eigenvalue weighted by atomic mass is 32.2. The van der Waals surface area contributed by atoms with Crippen LogP contribution in [0.4, 0.5) is 0 Å². The third-order valence-electron chi connectivity index (χ3n) is 4.44. The quantitative estimate of drug-likeness (QED) is 0.680. The lowest BCUT2D eigenvalue weighted by Crippen LogP contribution is -2.27. The second-order valence-corrected chi connectivity index (χ2v) is 8.81. The van der Waals surface area contributed by atoms with E-state index >= 15 is 0 Å². The lowest BCUT2D eigenvalue weighted by atomic mass is 10.1. The molecule has 0 atom stereocenters. The number of carbonyl (C=O) groups is 1. The summed E-state index contributed by atoms with van der Waals surface area (Å²) in [5.74, 6) is -0.223. The maximum absolute atomic E-state index is 12.8. The summed E-state index contributed by atoms with van der Waals surface area (Å²) in [6.07, 6.45) is 0. The number of carbonyl (C=O) groups excluding carboxylic acids is 1. The van der Waals surface area contributed by atoms with Crippen molar-refractivity contribution in [3.8, 4) is 0 Å². The van der Waals surface area contributed by atoms with Crippen LogP contribution in [0.1, 0.15) is 15.9 Å². The van der Waals surface area contributed by atoms with E-state index in [0.717, 1.165) is 20.6 Å². The lowest BCUT2D eigenvalue weighted by Gasteiger charge is -2.18. The van der Waals surface area contributed by atoms with E-state index in [-0.39, 0.29) is 10.8 Å². The van der Waals surface area contributed by atoms with Crippen LogP contribution in [-0.2, 0) is 16.6 Å². The van der Waals surface area contributed by atoms with Crippen LogP contribution in [0.3, 0.4) is 0 Å². The minimum Gasteiger partial charge on any atom is -0.337 e. The molecule has 0 unspecified atom stereocenters. The normalized spacial score (nSPS) is 11.7. The van der Waals surface area contributed by atoms with E-state index in [0.29, 0.717) is 12.1 Å². The Morgan fingerprint density at radius 1 is 0.852 bits per heavy atom. The van der Waals surface area contributed by atoms with Gasteiger partial charge in [-0.15, -0.1) is 0 Å². The smallest absolute Gasteiger partial charge is 0.253 e. The molecule has 0 bridgehead atoms. The van der Waals surface area contributed by atoms with Gasteiger partial charge < -0.3 is 4.90 Å². The Morgan fingerprint density at radius 2 is 1.56 bits per heavy atom.